The predicted molar refractivity (Wildman–Crippen MR) is 82.3 cm³/mol. The van der Waals surface area contributed by atoms with Gasteiger partial charge in [-0.3, -0.25) is 0 Å². The van der Waals surface area contributed by atoms with Gasteiger partial charge in [-0.2, -0.15) is 0 Å². The molecule has 2 aromatic carbocycles. The lowest BCUT2D eigenvalue weighted by Gasteiger charge is -2.15. The molecule has 0 aromatic heterocycles. The molecule has 4 heteroatoms. The molecule has 0 aliphatic rings. The number of nitrogens with one attached hydrogen (secondary N) is 1. The van der Waals surface area contributed by atoms with Crippen molar-refractivity contribution in [3.05, 3.63) is 59.4 Å². The lowest BCUT2D eigenvalue weighted by atomic mass is 10.1. The van der Waals surface area contributed by atoms with Gasteiger partial charge in [0, 0.05) is 12.2 Å². The summed E-state index contributed by atoms with van der Waals surface area (Å²) in [5.41, 5.74) is 3.36. The van der Waals surface area contributed by atoms with Gasteiger partial charge in [0.2, 0.25) is 0 Å². The standard InChI is InChI=1S/C17H20FNO2/c1-12-7-8-14(9-13(12)2)19-10-15(20)11-21-17-6-4-3-5-16(17)18/h3-9,15,19-20H,10-11H2,1-2H3. The van der Waals surface area contributed by atoms with Crippen molar-refractivity contribution in [1.29, 1.82) is 0 Å². The molecular weight excluding hydrogens is 269 g/mol. The average molecular weight is 289 g/mol. The third-order valence-electron chi connectivity index (χ3n) is 3.32. The van der Waals surface area contributed by atoms with E-state index in [0.29, 0.717) is 6.54 Å². The van der Waals surface area contributed by atoms with E-state index in [1.807, 2.05) is 25.1 Å². The Labute approximate surface area is 124 Å². The van der Waals surface area contributed by atoms with Crippen molar-refractivity contribution in [3.63, 3.8) is 0 Å². The van der Waals surface area contributed by atoms with Crippen LogP contribution in [0.15, 0.2) is 42.5 Å². The molecule has 0 saturated carbocycles. The molecule has 21 heavy (non-hydrogen) atoms. The van der Waals surface area contributed by atoms with Crippen molar-refractivity contribution >= 4 is 5.69 Å². The molecule has 0 saturated heterocycles. The minimum Gasteiger partial charge on any atom is -0.488 e. The maximum Gasteiger partial charge on any atom is 0.165 e. The maximum atomic E-state index is 13.4. The van der Waals surface area contributed by atoms with Gasteiger partial charge in [0.15, 0.2) is 11.6 Å². The van der Waals surface area contributed by atoms with E-state index in [4.69, 9.17) is 4.74 Å². The first-order valence-electron chi connectivity index (χ1n) is 6.93. The molecule has 1 atom stereocenters. The van der Waals surface area contributed by atoms with E-state index in [9.17, 15) is 9.50 Å². The number of aliphatic hydroxyl groups excluding tert-OH is 1. The Hall–Kier alpha value is -2.07. The molecule has 0 spiro atoms. The summed E-state index contributed by atoms with van der Waals surface area (Å²) in [5, 5.41) is 13.0. The number of halogens is 1. The largest absolute Gasteiger partial charge is 0.488 e. The van der Waals surface area contributed by atoms with Gasteiger partial charge >= 0.3 is 0 Å². The van der Waals surface area contributed by atoms with Gasteiger partial charge in [0.1, 0.15) is 12.7 Å². The number of aryl methyl sites for hydroxylation is 2. The van der Waals surface area contributed by atoms with Gasteiger partial charge < -0.3 is 15.2 Å². The topological polar surface area (TPSA) is 41.5 Å². The summed E-state index contributed by atoms with van der Waals surface area (Å²) in [7, 11) is 0. The fourth-order valence-electron chi connectivity index (χ4n) is 1.89. The summed E-state index contributed by atoms with van der Waals surface area (Å²) in [4.78, 5) is 0. The van der Waals surface area contributed by atoms with E-state index in [2.05, 4.69) is 12.2 Å². The highest BCUT2D eigenvalue weighted by atomic mass is 19.1. The fraction of sp³-hybridized carbons (Fsp3) is 0.294. The Bertz CT molecular complexity index is 601. The Morgan fingerprint density at radius 1 is 1.14 bits per heavy atom. The summed E-state index contributed by atoms with van der Waals surface area (Å²) >= 11 is 0. The van der Waals surface area contributed by atoms with Crippen molar-refractivity contribution in [2.75, 3.05) is 18.5 Å². The van der Waals surface area contributed by atoms with E-state index in [0.717, 1.165) is 5.69 Å². The Morgan fingerprint density at radius 2 is 1.90 bits per heavy atom. The number of para-hydroxylation sites is 1. The van der Waals surface area contributed by atoms with Crippen LogP contribution >= 0.6 is 0 Å². The fourth-order valence-corrected chi connectivity index (χ4v) is 1.89. The van der Waals surface area contributed by atoms with Crippen molar-refractivity contribution in [2.45, 2.75) is 20.0 Å². The normalized spacial score (nSPS) is 12.0. The minimum atomic E-state index is -0.716. The van der Waals surface area contributed by atoms with Crippen LogP contribution in [0.2, 0.25) is 0 Å². The number of anilines is 1. The van der Waals surface area contributed by atoms with Crippen LogP contribution in [0.1, 0.15) is 11.1 Å². The van der Waals surface area contributed by atoms with Crippen molar-refractivity contribution in [2.24, 2.45) is 0 Å². The van der Waals surface area contributed by atoms with Gasteiger partial charge in [0.25, 0.3) is 0 Å². The van der Waals surface area contributed by atoms with Crippen molar-refractivity contribution in [3.8, 4) is 5.75 Å². The molecule has 0 bridgehead atoms. The highest BCUT2D eigenvalue weighted by Gasteiger charge is 2.08. The van der Waals surface area contributed by atoms with Crippen LogP contribution in [0.3, 0.4) is 0 Å². The van der Waals surface area contributed by atoms with Gasteiger partial charge in [-0.25, -0.2) is 4.39 Å². The number of rotatable bonds is 6. The van der Waals surface area contributed by atoms with Gasteiger partial charge in [-0.1, -0.05) is 18.2 Å². The quantitative estimate of drug-likeness (QED) is 0.857. The second-order valence-electron chi connectivity index (χ2n) is 5.08. The first-order valence-corrected chi connectivity index (χ1v) is 6.93. The van der Waals surface area contributed by atoms with Crippen LogP contribution in [-0.4, -0.2) is 24.4 Å². The molecule has 3 nitrogen and oxygen atoms in total. The smallest absolute Gasteiger partial charge is 0.165 e. The van der Waals surface area contributed by atoms with Crippen molar-refractivity contribution in [1.82, 2.24) is 0 Å². The first kappa shape index (κ1) is 15.3. The number of ether oxygens (including phenoxy) is 1. The summed E-state index contributed by atoms with van der Waals surface area (Å²) in [6, 6.07) is 12.2. The number of benzene rings is 2. The SMILES string of the molecule is Cc1ccc(NCC(O)COc2ccccc2F)cc1C. The predicted octanol–water partition coefficient (Wildman–Crippen LogP) is 3.29. The van der Waals surface area contributed by atoms with Gasteiger partial charge in [-0.05, 0) is 49.2 Å². The van der Waals surface area contributed by atoms with Crippen LogP contribution in [0.5, 0.6) is 5.75 Å². The third kappa shape index (κ3) is 4.46. The molecular formula is C17H20FNO2. The maximum absolute atomic E-state index is 13.4. The van der Waals surface area contributed by atoms with E-state index in [1.165, 1.54) is 17.2 Å². The van der Waals surface area contributed by atoms with Gasteiger partial charge in [0.05, 0.1) is 0 Å². The average Bonchev–Trinajstić information content (AvgIpc) is 2.47. The zero-order valence-electron chi connectivity index (χ0n) is 12.3. The molecule has 0 amide bonds. The van der Waals surface area contributed by atoms with E-state index >= 15 is 0 Å². The van der Waals surface area contributed by atoms with Gasteiger partial charge in [-0.15, -0.1) is 0 Å². The zero-order valence-corrected chi connectivity index (χ0v) is 12.3. The first-order chi connectivity index (χ1) is 10.1. The van der Waals surface area contributed by atoms with Crippen LogP contribution in [-0.2, 0) is 0 Å². The molecule has 1 unspecified atom stereocenters. The second kappa shape index (κ2) is 7.09. The molecule has 0 fully saturated rings. The third-order valence-corrected chi connectivity index (χ3v) is 3.32. The minimum absolute atomic E-state index is 0.0405. The summed E-state index contributed by atoms with van der Waals surface area (Å²) in [6.45, 7) is 4.48. The van der Waals surface area contributed by atoms with Crippen molar-refractivity contribution < 1.29 is 14.2 Å². The lowest BCUT2D eigenvalue weighted by molar-refractivity contribution is 0.115. The molecule has 2 N–H and O–H groups in total. The molecule has 0 aliphatic carbocycles. The number of hydrogen-bond acceptors (Lipinski definition) is 3. The highest BCUT2D eigenvalue weighted by Crippen LogP contribution is 2.16. The summed E-state index contributed by atoms with van der Waals surface area (Å²) < 4.78 is 18.6. The summed E-state index contributed by atoms with van der Waals surface area (Å²) in [6.07, 6.45) is -0.716. The second-order valence-corrected chi connectivity index (χ2v) is 5.08. The molecule has 2 rings (SSSR count). The molecule has 0 heterocycles. The zero-order chi connectivity index (χ0) is 15.2. The molecule has 0 radical (unpaired) electrons. The van der Waals surface area contributed by atoms with E-state index < -0.39 is 11.9 Å². The highest BCUT2D eigenvalue weighted by molar-refractivity contribution is 5.48. The Kier molecular flexibility index (Phi) is 5.17. The van der Waals surface area contributed by atoms with Crippen LogP contribution in [0.25, 0.3) is 0 Å². The Morgan fingerprint density at radius 3 is 2.62 bits per heavy atom. The molecule has 2 aromatic rings. The number of aliphatic hydroxyl groups is 1. The molecule has 112 valence electrons. The lowest BCUT2D eigenvalue weighted by Crippen LogP contribution is -2.26. The van der Waals surface area contributed by atoms with Crippen LogP contribution in [0.4, 0.5) is 10.1 Å². The Balaban J connectivity index is 1.81. The molecule has 0 aliphatic heterocycles. The van der Waals surface area contributed by atoms with Crippen LogP contribution < -0.4 is 10.1 Å². The van der Waals surface area contributed by atoms with Crippen LogP contribution in [0, 0.1) is 19.7 Å². The summed E-state index contributed by atoms with van der Waals surface area (Å²) in [5.74, 6) is -0.269. The monoisotopic (exact) mass is 289 g/mol. The van der Waals surface area contributed by atoms with E-state index in [1.54, 1.807) is 18.2 Å². The number of hydrogen-bond donors (Lipinski definition) is 2. The van der Waals surface area contributed by atoms with E-state index in [-0.39, 0.29) is 12.4 Å².